The summed E-state index contributed by atoms with van der Waals surface area (Å²) in [4.78, 5) is 0. The predicted molar refractivity (Wildman–Crippen MR) is 90.9 cm³/mol. The predicted octanol–water partition coefficient (Wildman–Crippen LogP) is 4.65. The van der Waals surface area contributed by atoms with Crippen LogP contribution >= 0.6 is 0 Å². The molecule has 0 radical (unpaired) electrons. The molecule has 0 fully saturated rings. The molecule has 0 aliphatic heterocycles. The number of ether oxygens (including phenoxy) is 1. The van der Waals surface area contributed by atoms with Gasteiger partial charge in [-0.05, 0) is 43.1 Å². The van der Waals surface area contributed by atoms with Crippen LogP contribution < -0.4 is 4.74 Å². The van der Waals surface area contributed by atoms with Gasteiger partial charge in [0.25, 0.3) is 0 Å². The second kappa shape index (κ2) is 7.24. The molecule has 1 aromatic carbocycles. The second-order valence-corrected chi connectivity index (χ2v) is 12.3. The fraction of sp³-hybridized carbons (Fsp3) is 0.647. The van der Waals surface area contributed by atoms with Crippen molar-refractivity contribution in [1.82, 2.24) is 0 Å². The highest BCUT2D eigenvalue weighted by atomic mass is 28.4. The molecular formula is C17H26F4O3Si. The maximum atomic E-state index is 14.5. The summed E-state index contributed by atoms with van der Waals surface area (Å²) in [6, 6.07) is 4.29. The third kappa shape index (κ3) is 5.42. The van der Waals surface area contributed by atoms with E-state index in [1.165, 1.54) is 39.2 Å². The molecule has 0 saturated heterocycles. The minimum absolute atomic E-state index is 0.0440. The molecule has 0 aromatic heterocycles. The van der Waals surface area contributed by atoms with Crippen molar-refractivity contribution in [3.8, 4) is 5.75 Å². The van der Waals surface area contributed by atoms with E-state index in [2.05, 4.69) is 0 Å². The molecule has 8 heteroatoms. The molecule has 3 nitrogen and oxygen atoms in total. The van der Waals surface area contributed by atoms with Crippen molar-refractivity contribution in [3.63, 3.8) is 0 Å². The van der Waals surface area contributed by atoms with Gasteiger partial charge in [0.2, 0.25) is 0 Å². The normalized spacial score (nSPS) is 15.8. The fourth-order valence-corrected chi connectivity index (χ4v) is 3.26. The van der Waals surface area contributed by atoms with Gasteiger partial charge in [-0.25, -0.2) is 4.39 Å². The molecule has 1 rings (SSSR count). The molecule has 0 amide bonds. The standard InChI is InChI=1S/C17H26F4O3Si/c1-15(2,12-8-7-9-13(23-3)14(12)18)10-16(22,17(19,20)21)11-24-25(4,5)6/h7-9,22H,10-11H2,1-6H3. The lowest BCUT2D eigenvalue weighted by Crippen LogP contribution is -2.54. The van der Waals surface area contributed by atoms with Crippen LogP contribution in [0.2, 0.25) is 19.6 Å². The minimum atomic E-state index is -4.90. The Bertz CT molecular complexity index is 597. The van der Waals surface area contributed by atoms with E-state index in [9.17, 15) is 22.7 Å². The SMILES string of the molecule is COc1cccc(C(C)(C)CC(O)(CO[Si](C)(C)C)C(F)(F)F)c1F. The molecule has 1 unspecified atom stereocenters. The van der Waals surface area contributed by atoms with E-state index in [0.717, 1.165) is 0 Å². The first-order chi connectivity index (χ1) is 11.1. The molecule has 1 atom stereocenters. The monoisotopic (exact) mass is 382 g/mol. The van der Waals surface area contributed by atoms with Crippen molar-refractivity contribution >= 4 is 8.32 Å². The highest BCUT2D eigenvalue weighted by Gasteiger charge is 2.56. The number of benzene rings is 1. The zero-order valence-electron chi connectivity index (χ0n) is 15.4. The summed E-state index contributed by atoms with van der Waals surface area (Å²) in [6.07, 6.45) is -5.64. The molecule has 0 aliphatic rings. The highest BCUT2D eigenvalue weighted by Crippen LogP contribution is 2.43. The van der Waals surface area contributed by atoms with Gasteiger partial charge in [-0.3, -0.25) is 0 Å². The van der Waals surface area contributed by atoms with Crippen LogP contribution in [0, 0.1) is 5.82 Å². The summed E-state index contributed by atoms with van der Waals surface area (Å²) in [7, 11) is -0.999. The Kier molecular flexibility index (Phi) is 6.35. The maximum absolute atomic E-state index is 14.5. The molecule has 1 aromatic rings. The zero-order valence-corrected chi connectivity index (χ0v) is 16.4. The fourth-order valence-electron chi connectivity index (χ4n) is 2.59. The molecule has 0 aliphatic carbocycles. The summed E-state index contributed by atoms with van der Waals surface area (Å²) in [5, 5.41) is 10.3. The number of aliphatic hydroxyl groups is 1. The van der Waals surface area contributed by atoms with Crippen LogP contribution in [-0.4, -0.2) is 38.9 Å². The van der Waals surface area contributed by atoms with E-state index >= 15 is 0 Å². The number of hydrogen-bond donors (Lipinski definition) is 1. The molecule has 0 bridgehead atoms. The van der Waals surface area contributed by atoms with Crippen molar-refractivity contribution in [1.29, 1.82) is 0 Å². The smallest absolute Gasteiger partial charge is 0.419 e. The Morgan fingerprint density at radius 1 is 1.12 bits per heavy atom. The van der Waals surface area contributed by atoms with Gasteiger partial charge in [-0.2, -0.15) is 13.2 Å². The maximum Gasteiger partial charge on any atom is 0.419 e. The lowest BCUT2D eigenvalue weighted by molar-refractivity contribution is -0.275. The van der Waals surface area contributed by atoms with E-state index in [1.807, 2.05) is 0 Å². The first kappa shape index (κ1) is 21.9. The quantitative estimate of drug-likeness (QED) is 0.551. The Labute approximate surface area is 147 Å². The van der Waals surface area contributed by atoms with Crippen molar-refractivity contribution in [2.75, 3.05) is 13.7 Å². The topological polar surface area (TPSA) is 38.7 Å². The van der Waals surface area contributed by atoms with Crippen molar-refractivity contribution < 1.29 is 31.8 Å². The third-order valence-corrected chi connectivity index (χ3v) is 4.93. The molecule has 1 N–H and O–H groups in total. The molecule has 0 heterocycles. The number of alkyl halides is 3. The molecule has 144 valence electrons. The molecule has 25 heavy (non-hydrogen) atoms. The van der Waals surface area contributed by atoms with Crippen molar-refractivity contribution in [2.24, 2.45) is 0 Å². The zero-order chi connectivity index (χ0) is 19.7. The van der Waals surface area contributed by atoms with Crippen LogP contribution in [0.1, 0.15) is 25.8 Å². The lowest BCUT2D eigenvalue weighted by Gasteiger charge is -2.39. The largest absolute Gasteiger partial charge is 0.494 e. The van der Waals surface area contributed by atoms with Gasteiger partial charge < -0.3 is 14.3 Å². The van der Waals surface area contributed by atoms with Crippen molar-refractivity contribution in [2.45, 2.75) is 57.1 Å². The van der Waals surface area contributed by atoms with E-state index < -0.39 is 44.4 Å². The van der Waals surface area contributed by atoms with Gasteiger partial charge >= 0.3 is 6.18 Å². The first-order valence-electron chi connectivity index (χ1n) is 7.89. The number of halogens is 4. The van der Waals surface area contributed by atoms with Gasteiger partial charge in [0.15, 0.2) is 25.5 Å². The van der Waals surface area contributed by atoms with Gasteiger partial charge in [0, 0.05) is 0 Å². The molecule has 0 spiro atoms. The molecule has 0 saturated carbocycles. The van der Waals surface area contributed by atoms with E-state index in [1.54, 1.807) is 19.6 Å². The minimum Gasteiger partial charge on any atom is -0.494 e. The number of hydrogen-bond acceptors (Lipinski definition) is 3. The second-order valence-electron chi connectivity index (χ2n) is 7.81. The van der Waals surface area contributed by atoms with Gasteiger partial charge in [-0.15, -0.1) is 0 Å². The summed E-state index contributed by atoms with van der Waals surface area (Å²) >= 11 is 0. The van der Waals surface area contributed by atoms with Crippen LogP contribution in [0.15, 0.2) is 18.2 Å². The Balaban J connectivity index is 3.23. The summed E-state index contributed by atoms with van der Waals surface area (Å²) < 4.78 is 65.3. The van der Waals surface area contributed by atoms with E-state index in [4.69, 9.17) is 9.16 Å². The molecular weight excluding hydrogens is 356 g/mol. The number of rotatable bonds is 7. The third-order valence-electron chi connectivity index (χ3n) is 3.92. The Morgan fingerprint density at radius 2 is 1.68 bits per heavy atom. The van der Waals surface area contributed by atoms with Crippen LogP contribution in [0.3, 0.4) is 0 Å². The van der Waals surface area contributed by atoms with E-state index in [-0.39, 0.29) is 11.3 Å². The summed E-state index contributed by atoms with van der Waals surface area (Å²) in [5.74, 6) is -0.787. The van der Waals surface area contributed by atoms with Crippen LogP contribution in [0.25, 0.3) is 0 Å². The van der Waals surface area contributed by atoms with Crippen LogP contribution in [0.5, 0.6) is 5.75 Å². The van der Waals surface area contributed by atoms with Gasteiger partial charge in [0.05, 0.1) is 13.7 Å². The lowest BCUT2D eigenvalue weighted by atomic mass is 9.75. The number of methoxy groups -OCH3 is 1. The van der Waals surface area contributed by atoms with Crippen molar-refractivity contribution in [3.05, 3.63) is 29.6 Å². The van der Waals surface area contributed by atoms with Crippen LogP contribution in [0.4, 0.5) is 17.6 Å². The average molecular weight is 382 g/mol. The van der Waals surface area contributed by atoms with Gasteiger partial charge in [0.1, 0.15) is 0 Å². The Hall–Kier alpha value is -1.12. The van der Waals surface area contributed by atoms with Crippen LogP contribution in [-0.2, 0) is 9.84 Å². The first-order valence-corrected chi connectivity index (χ1v) is 11.3. The summed E-state index contributed by atoms with van der Waals surface area (Å²) in [5.41, 5.74) is -4.33. The Morgan fingerprint density at radius 3 is 2.12 bits per heavy atom. The van der Waals surface area contributed by atoms with Gasteiger partial charge in [-0.1, -0.05) is 26.0 Å². The van der Waals surface area contributed by atoms with E-state index in [0.29, 0.717) is 0 Å². The highest BCUT2D eigenvalue weighted by molar-refractivity contribution is 6.69. The average Bonchev–Trinajstić information content (AvgIpc) is 2.43. The summed E-state index contributed by atoms with van der Waals surface area (Å²) in [6.45, 7) is 7.23.